The first-order valence-electron chi connectivity index (χ1n) is 2.65. The average molecular weight is 134 g/mol. The van der Waals surface area contributed by atoms with E-state index in [1.54, 1.807) is 0 Å². The minimum atomic E-state index is -1.28. The fourth-order valence-electron chi connectivity index (χ4n) is 0.493. The Balaban J connectivity index is 0.000000187. The number of hydrogen-bond acceptors (Lipinski definition) is 3. The van der Waals surface area contributed by atoms with Gasteiger partial charge in [0.05, 0.1) is 0 Å². The molecule has 0 amide bonds. The summed E-state index contributed by atoms with van der Waals surface area (Å²) in [6.45, 7) is -0.250. The lowest BCUT2D eigenvalue weighted by Crippen LogP contribution is -2.35. The molecule has 0 aromatic carbocycles. The Morgan fingerprint density at radius 1 is 1.33 bits per heavy atom. The lowest BCUT2D eigenvalue weighted by atomic mass is 9.92. The summed E-state index contributed by atoms with van der Waals surface area (Å²) in [7, 11) is 0. The van der Waals surface area contributed by atoms with Gasteiger partial charge < -0.3 is 15.3 Å². The molecule has 0 aliphatic heterocycles. The van der Waals surface area contributed by atoms with E-state index in [9.17, 15) is 0 Å². The fourth-order valence-corrected chi connectivity index (χ4v) is 0.493. The number of carbonyl (C=O) groups is 1. The molecule has 0 radical (unpaired) electrons. The summed E-state index contributed by atoms with van der Waals surface area (Å²) in [5, 5.41) is 23.8. The summed E-state index contributed by atoms with van der Waals surface area (Å²) in [4.78, 5) is 8.36. The molecular formula is C5H10O4. The normalized spacial score (nSPS) is 20.7. The molecule has 1 rings (SSSR count). The van der Waals surface area contributed by atoms with Crippen molar-refractivity contribution in [2.24, 2.45) is 0 Å². The van der Waals surface area contributed by atoms with Crippen molar-refractivity contribution in [1.29, 1.82) is 0 Å². The molecule has 0 aromatic heterocycles. The SMILES string of the molecule is O=CO.OC1(O)CCC1. The van der Waals surface area contributed by atoms with E-state index in [2.05, 4.69) is 0 Å². The summed E-state index contributed by atoms with van der Waals surface area (Å²) < 4.78 is 0. The lowest BCUT2D eigenvalue weighted by molar-refractivity contribution is -0.210. The summed E-state index contributed by atoms with van der Waals surface area (Å²) in [5.41, 5.74) is 0. The smallest absolute Gasteiger partial charge is 0.290 e. The molecule has 4 nitrogen and oxygen atoms in total. The van der Waals surface area contributed by atoms with Gasteiger partial charge in [0.2, 0.25) is 0 Å². The van der Waals surface area contributed by atoms with E-state index < -0.39 is 5.79 Å². The molecule has 3 N–H and O–H groups in total. The maximum atomic E-state index is 8.47. The number of hydrogen-bond donors (Lipinski definition) is 3. The van der Waals surface area contributed by atoms with Crippen LogP contribution in [0.5, 0.6) is 0 Å². The predicted molar refractivity (Wildman–Crippen MR) is 29.7 cm³/mol. The van der Waals surface area contributed by atoms with E-state index in [0.29, 0.717) is 12.8 Å². The third kappa shape index (κ3) is 3.93. The van der Waals surface area contributed by atoms with Crippen molar-refractivity contribution in [2.45, 2.75) is 25.0 Å². The summed E-state index contributed by atoms with van der Waals surface area (Å²) in [6.07, 6.45) is 2.09. The average Bonchev–Trinajstić information content (AvgIpc) is 1.65. The van der Waals surface area contributed by atoms with Gasteiger partial charge in [-0.25, -0.2) is 0 Å². The van der Waals surface area contributed by atoms with Gasteiger partial charge in [0.25, 0.3) is 6.47 Å². The standard InChI is InChI=1S/C4H8O2.CH2O2/c5-4(6)2-1-3-4;2-1-3/h5-6H,1-3H2;1H,(H,2,3). The molecule has 1 fully saturated rings. The fraction of sp³-hybridized carbons (Fsp3) is 0.800. The van der Waals surface area contributed by atoms with Gasteiger partial charge in [-0.3, -0.25) is 4.79 Å². The van der Waals surface area contributed by atoms with Gasteiger partial charge in [-0.05, 0) is 6.42 Å². The van der Waals surface area contributed by atoms with Gasteiger partial charge in [-0.15, -0.1) is 0 Å². The van der Waals surface area contributed by atoms with Crippen LogP contribution in [0.3, 0.4) is 0 Å². The highest BCUT2D eigenvalue weighted by molar-refractivity contribution is 5.32. The summed E-state index contributed by atoms with van der Waals surface area (Å²) >= 11 is 0. The summed E-state index contributed by atoms with van der Waals surface area (Å²) in [5.74, 6) is -1.28. The van der Waals surface area contributed by atoms with E-state index in [1.165, 1.54) is 0 Å². The van der Waals surface area contributed by atoms with Crippen molar-refractivity contribution in [2.75, 3.05) is 0 Å². The van der Waals surface area contributed by atoms with Gasteiger partial charge in [-0.2, -0.15) is 0 Å². The molecule has 4 heteroatoms. The monoisotopic (exact) mass is 134 g/mol. The Hall–Kier alpha value is -0.610. The zero-order valence-corrected chi connectivity index (χ0v) is 4.95. The van der Waals surface area contributed by atoms with Gasteiger partial charge in [-0.1, -0.05) is 0 Å². The third-order valence-corrected chi connectivity index (χ3v) is 1.15. The van der Waals surface area contributed by atoms with Gasteiger partial charge in [0.15, 0.2) is 5.79 Å². The number of aliphatic hydroxyl groups is 2. The molecule has 54 valence electrons. The zero-order chi connectivity index (χ0) is 7.33. The highest BCUT2D eigenvalue weighted by atomic mass is 16.5. The van der Waals surface area contributed by atoms with E-state index in [0.717, 1.165) is 6.42 Å². The van der Waals surface area contributed by atoms with Crippen molar-refractivity contribution in [1.82, 2.24) is 0 Å². The van der Waals surface area contributed by atoms with Gasteiger partial charge in [0.1, 0.15) is 0 Å². The lowest BCUT2D eigenvalue weighted by Gasteiger charge is -2.29. The van der Waals surface area contributed by atoms with Crippen molar-refractivity contribution < 1.29 is 20.1 Å². The van der Waals surface area contributed by atoms with Crippen LogP contribution in [0.4, 0.5) is 0 Å². The number of carboxylic acid groups (broad SMARTS) is 1. The molecule has 9 heavy (non-hydrogen) atoms. The molecule has 1 aliphatic carbocycles. The minimum Gasteiger partial charge on any atom is -0.483 e. The zero-order valence-electron chi connectivity index (χ0n) is 4.95. The first kappa shape index (κ1) is 8.39. The van der Waals surface area contributed by atoms with Crippen molar-refractivity contribution >= 4 is 6.47 Å². The van der Waals surface area contributed by atoms with Gasteiger partial charge in [0, 0.05) is 12.8 Å². The van der Waals surface area contributed by atoms with E-state index in [1.807, 2.05) is 0 Å². The van der Waals surface area contributed by atoms with E-state index in [4.69, 9.17) is 20.1 Å². The molecule has 0 saturated heterocycles. The van der Waals surface area contributed by atoms with E-state index in [-0.39, 0.29) is 6.47 Å². The Morgan fingerprint density at radius 3 is 1.56 bits per heavy atom. The highest BCUT2D eigenvalue weighted by Crippen LogP contribution is 2.27. The molecule has 0 atom stereocenters. The Morgan fingerprint density at radius 2 is 1.56 bits per heavy atom. The molecule has 0 bridgehead atoms. The Bertz CT molecular complexity index is 83.0. The summed E-state index contributed by atoms with van der Waals surface area (Å²) in [6, 6.07) is 0. The van der Waals surface area contributed by atoms with Crippen LogP contribution in [0, 0.1) is 0 Å². The largest absolute Gasteiger partial charge is 0.483 e. The first-order chi connectivity index (χ1) is 4.12. The van der Waals surface area contributed by atoms with Crippen molar-refractivity contribution in [3.8, 4) is 0 Å². The Labute approximate surface area is 52.7 Å². The van der Waals surface area contributed by atoms with E-state index >= 15 is 0 Å². The van der Waals surface area contributed by atoms with Crippen molar-refractivity contribution in [3.05, 3.63) is 0 Å². The molecule has 0 heterocycles. The predicted octanol–water partition coefficient (Wildman–Crippen LogP) is -0.448. The number of rotatable bonds is 0. The van der Waals surface area contributed by atoms with Crippen LogP contribution in [0.1, 0.15) is 19.3 Å². The molecule has 1 aliphatic rings. The molecular weight excluding hydrogens is 124 g/mol. The molecule has 0 unspecified atom stereocenters. The van der Waals surface area contributed by atoms with Crippen LogP contribution < -0.4 is 0 Å². The van der Waals surface area contributed by atoms with Gasteiger partial charge >= 0.3 is 0 Å². The molecule has 0 aromatic rings. The molecule has 0 spiro atoms. The van der Waals surface area contributed by atoms with Crippen LogP contribution in [0.25, 0.3) is 0 Å². The second-order valence-electron chi connectivity index (χ2n) is 1.94. The quantitative estimate of drug-likeness (QED) is 0.310. The van der Waals surface area contributed by atoms with Crippen LogP contribution in [0.15, 0.2) is 0 Å². The minimum absolute atomic E-state index is 0.250. The first-order valence-corrected chi connectivity index (χ1v) is 2.65. The molecule has 1 saturated carbocycles. The Kier molecular flexibility index (Phi) is 3.19. The van der Waals surface area contributed by atoms with Crippen LogP contribution in [-0.2, 0) is 4.79 Å². The second-order valence-corrected chi connectivity index (χ2v) is 1.94. The second kappa shape index (κ2) is 3.42. The maximum absolute atomic E-state index is 8.47. The van der Waals surface area contributed by atoms with Crippen molar-refractivity contribution in [3.63, 3.8) is 0 Å². The van der Waals surface area contributed by atoms with Crippen LogP contribution >= 0.6 is 0 Å². The van der Waals surface area contributed by atoms with Crippen LogP contribution in [-0.4, -0.2) is 27.6 Å². The third-order valence-electron chi connectivity index (χ3n) is 1.15. The topological polar surface area (TPSA) is 77.8 Å². The highest BCUT2D eigenvalue weighted by Gasteiger charge is 2.30. The maximum Gasteiger partial charge on any atom is 0.290 e. The van der Waals surface area contributed by atoms with Crippen LogP contribution in [0.2, 0.25) is 0 Å².